The maximum atomic E-state index is 5.61. The molecule has 3 unspecified atom stereocenters. The van der Waals surface area contributed by atoms with Crippen molar-refractivity contribution in [2.24, 2.45) is 5.92 Å². The summed E-state index contributed by atoms with van der Waals surface area (Å²) in [6.45, 7) is 6.67. The minimum absolute atomic E-state index is 0.530. The summed E-state index contributed by atoms with van der Waals surface area (Å²) in [6, 6.07) is 4.46. The van der Waals surface area contributed by atoms with Crippen LogP contribution in [0.5, 0.6) is 0 Å². The van der Waals surface area contributed by atoms with Crippen LogP contribution in [0.1, 0.15) is 30.0 Å². The number of hydrogen-bond donors (Lipinski definition) is 0. The fraction of sp³-hybridized carbons (Fsp3) is 0.667. The molecule has 0 aromatic carbocycles. The van der Waals surface area contributed by atoms with Gasteiger partial charge in [-0.25, -0.2) is 0 Å². The van der Waals surface area contributed by atoms with Gasteiger partial charge in [0.05, 0.1) is 12.2 Å². The van der Waals surface area contributed by atoms with Gasteiger partial charge in [-0.2, -0.15) is 0 Å². The Morgan fingerprint density at radius 3 is 2.79 bits per heavy atom. The molecule has 3 atom stereocenters. The molecule has 0 radical (unpaired) electrons. The Hall–Kier alpha value is -0.340. The van der Waals surface area contributed by atoms with Gasteiger partial charge in [-0.1, -0.05) is 13.8 Å². The van der Waals surface area contributed by atoms with Crippen LogP contribution in [-0.4, -0.2) is 12.2 Å². The molecule has 78 valence electrons. The quantitative estimate of drug-likeness (QED) is 0.694. The number of thiophene rings is 1. The van der Waals surface area contributed by atoms with E-state index in [9.17, 15) is 0 Å². The summed E-state index contributed by atoms with van der Waals surface area (Å²) >= 11 is 1.91. The van der Waals surface area contributed by atoms with E-state index in [0.717, 1.165) is 0 Å². The first kappa shape index (κ1) is 10.2. The van der Waals surface area contributed by atoms with Crippen LogP contribution in [0.25, 0.3) is 0 Å². The zero-order valence-electron chi connectivity index (χ0n) is 9.12. The molecule has 1 fully saturated rings. The number of rotatable bonds is 4. The van der Waals surface area contributed by atoms with E-state index in [4.69, 9.17) is 4.74 Å². The number of ether oxygens (including phenoxy) is 1. The molecule has 14 heavy (non-hydrogen) atoms. The molecule has 1 saturated heterocycles. The van der Waals surface area contributed by atoms with Crippen LogP contribution in [0.3, 0.4) is 0 Å². The zero-order chi connectivity index (χ0) is 10.1. The van der Waals surface area contributed by atoms with E-state index in [1.54, 1.807) is 0 Å². The van der Waals surface area contributed by atoms with Crippen molar-refractivity contribution in [3.05, 3.63) is 21.9 Å². The lowest BCUT2D eigenvalue weighted by atomic mass is 10.00. The summed E-state index contributed by atoms with van der Waals surface area (Å²) in [4.78, 5) is 2.91. The Balaban J connectivity index is 1.86. The van der Waals surface area contributed by atoms with Gasteiger partial charge in [0.25, 0.3) is 0 Å². The second kappa shape index (κ2) is 4.03. The van der Waals surface area contributed by atoms with Crippen molar-refractivity contribution in [1.29, 1.82) is 0 Å². The first-order valence-corrected chi connectivity index (χ1v) is 6.23. The van der Waals surface area contributed by atoms with Crippen LogP contribution in [0.15, 0.2) is 12.1 Å². The Morgan fingerprint density at radius 1 is 1.50 bits per heavy atom. The molecule has 1 aromatic heterocycles. The molecule has 0 aliphatic carbocycles. The summed E-state index contributed by atoms with van der Waals surface area (Å²) in [6.07, 6.45) is 3.42. The van der Waals surface area contributed by atoms with Crippen molar-refractivity contribution in [2.45, 2.75) is 45.8 Å². The topological polar surface area (TPSA) is 12.5 Å². The Morgan fingerprint density at radius 2 is 2.29 bits per heavy atom. The molecule has 0 spiro atoms. The lowest BCUT2D eigenvalue weighted by Gasteiger charge is -2.05. The summed E-state index contributed by atoms with van der Waals surface area (Å²) in [5.41, 5.74) is 0. The van der Waals surface area contributed by atoms with Crippen LogP contribution < -0.4 is 0 Å². The van der Waals surface area contributed by atoms with E-state index in [1.807, 2.05) is 11.3 Å². The van der Waals surface area contributed by atoms with Crippen LogP contribution in [0.4, 0.5) is 0 Å². The molecule has 1 aliphatic rings. The first-order valence-electron chi connectivity index (χ1n) is 5.41. The van der Waals surface area contributed by atoms with E-state index in [0.29, 0.717) is 18.1 Å². The molecule has 1 aromatic rings. The minimum Gasteiger partial charge on any atom is -0.369 e. The van der Waals surface area contributed by atoms with Gasteiger partial charge in [0.1, 0.15) is 0 Å². The van der Waals surface area contributed by atoms with Crippen LogP contribution in [-0.2, 0) is 11.2 Å². The molecule has 0 amide bonds. The summed E-state index contributed by atoms with van der Waals surface area (Å²) in [5.74, 6) is 0.679. The molecule has 2 heteroatoms. The van der Waals surface area contributed by atoms with Crippen molar-refractivity contribution in [3.63, 3.8) is 0 Å². The highest BCUT2D eigenvalue weighted by Gasteiger charge is 2.41. The Kier molecular flexibility index (Phi) is 2.93. The number of hydrogen-bond acceptors (Lipinski definition) is 2. The second-order valence-electron chi connectivity index (χ2n) is 4.24. The molecular formula is C12H18OS. The monoisotopic (exact) mass is 210 g/mol. The van der Waals surface area contributed by atoms with E-state index in [1.165, 1.54) is 22.6 Å². The van der Waals surface area contributed by atoms with Gasteiger partial charge in [-0.05, 0) is 37.8 Å². The highest BCUT2D eigenvalue weighted by molar-refractivity contribution is 7.11. The third kappa shape index (κ3) is 2.18. The van der Waals surface area contributed by atoms with Gasteiger partial charge in [0.15, 0.2) is 0 Å². The maximum absolute atomic E-state index is 5.61. The van der Waals surface area contributed by atoms with Gasteiger partial charge in [0, 0.05) is 9.75 Å². The van der Waals surface area contributed by atoms with Crippen molar-refractivity contribution in [2.75, 3.05) is 0 Å². The van der Waals surface area contributed by atoms with Crippen LogP contribution in [0.2, 0.25) is 0 Å². The van der Waals surface area contributed by atoms with Crippen molar-refractivity contribution in [1.82, 2.24) is 0 Å². The Labute approximate surface area is 90.1 Å². The van der Waals surface area contributed by atoms with Crippen LogP contribution >= 0.6 is 11.3 Å². The second-order valence-corrected chi connectivity index (χ2v) is 5.61. The SMILES string of the molecule is CCC1OC1C(C)Cc1ccc(C)s1. The van der Waals surface area contributed by atoms with Gasteiger partial charge in [-0.15, -0.1) is 11.3 Å². The van der Waals surface area contributed by atoms with E-state index in [2.05, 4.69) is 32.9 Å². The van der Waals surface area contributed by atoms with Gasteiger partial charge in [0.2, 0.25) is 0 Å². The predicted molar refractivity (Wildman–Crippen MR) is 60.9 cm³/mol. The van der Waals surface area contributed by atoms with Gasteiger partial charge < -0.3 is 4.74 Å². The van der Waals surface area contributed by atoms with Gasteiger partial charge >= 0.3 is 0 Å². The fourth-order valence-corrected chi connectivity index (χ4v) is 3.05. The molecule has 2 rings (SSSR count). The number of aryl methyl sites for hydroxylation is 1. The van der Waals surface area contributed by atoms with E-state index >= 15 is 0 Å². The van der Waals surface area contributed by atoms with Crippen molar-refractivity contribution < 1.29 is 4.74 Å². The lowest BCUT2D eigenvalue weighted by molar-refractivity contribution is 0.323. The van der Waals surface area contributed by atoms with E-state index in [-0.39, 0.29) is 0 Å². The Bertz CT molecular complexity index is 305. The molecule has 0 saturated carbocycles. The minimum atomic E-state index is 0.530. The lowest BCUT2D eigenvalue weighted by Crippen LogP contribution is -2.08. The maximum Gasteiger partial charge on any atom is 0.0870 e. The average molecular weight is 210 g/mol. The fourth-order valence-electron chi connectivity index (χ4n) is 2.01. The van der Waals surface area contributed by atoms with Crippen molar-refractivity contribution in [3.8, 4) is 0 Å². The summed E-state index contributed by atoms with van der Waals surface area (Å²) in [5, 5.41) is 0. The first-order chi connectivity index (χ1) is 6.70. The predicted octanol–water partition coefficient (Wildman–Crippen LogP) is 3.41. The van der Waals surface area contributed by atoms with E-state index < -0.39 is 0 Å². The molecule has 0 N–H and O–H groups in total. The van der Waals surface area contributed by atoms with Gasteiger partial charge in [-0.3, -0.25) is 0 Å². The largest absolute Gasteiger partial charge is 0.369 e. The summed E-state index contributed by atoms with van der Waals surface area (Å²) in [7, 11) is 0. The molecular weight excluding hydrogens is 192 g/mol. The number of epoxide rings is 1. The highest BCUT2D eigenvalue weighted by Crippen LogP contribution is 2.34. The molecule has 1 aliphatic heterocycles. The third-order valence-corrected chi connectivity index (χ3v) is 3.93. The highest BCUT2D eigenvalue weighted by atomic mass is 32.1. The average Bonchev–Trinajstić information content (AvgIpc) is 2.85. The van der Waals surface area contributed by atoms with Crippen molar-refractivity contribution >= 4 is 11.3 Å². The molecule has 2 heterocycles. The molecule has 1 nitrogen and oxygen atoms in total. The smallest absolute Gasteiger partial charge is 0.0870 e. The van der Waals surface area contributed by atoms with Crippen LogP contribution in [0, 0.1) is 12.8 Å². The standard InChI is InChI=1S/C12H18OS/c1-4-11-12(13-11)8(2)7-10-6-5-9(3)14-10/h5-6,8,11-12H,4,7H2,1-3H3. The third-order valence-electron chi connectivity index (χ3n) is 2.90. The normalized spacial score (nSPS) is 27.6. The zero-order valence-corrected chi connectivity index (χ0v) is 9.93. The molecule has 0 bridgehead atoms. The summed E-state index contributed by atoms with van der Waals surface area (Å²) < 4.78 is 5.61.